The maximum atomic E-state index is 12.6. The van der Waals surface area contributed by atoms with Gasteiger partial charge in [-0.1, -0.05) is 6.92 Å². The summed E-state index contributed by atoms with van der Waals surface area (Å²) in [6, 6.07) is 0. The predicted molar refractivity (Wildman–Crippen MR) is 75.6 cm³/mol. The van der Waals surface area contributed by atoms with E-state index in [1.54, 1.807) is 7.05 Å². The van der Waals surface area contributed by atoms with E-state index in [0.717, 1.165) is 19.3 Å². The Hall–Kier alpha value is -1.12. The van der Waals surface area contributed by atoms with Crippen LogP contribution in [0.25, 0.3) is 0 Å². The molecule has 0 radical (unpaired) electrons. The van der Waals surface area contributed by atoms with E-state index < -0.39 is 10.0 Å². The van der Waals surface area contributed by atoms with E-state index in [9.17, 15) is 8.42 Å². The zero-order chi connectivity index (χ0) is 14.8. The third kappa shape index (κ3) is 2.97. The number of sulfonamides is 1. The Morgan fingerprint density at radius 2 is 2.30 bits per heavy atom. The highest BCUT2D eigenvalue weighted by Crippen LogP contribution is 2.24. The van der Waals surface area contributed by atoms with Crippen LogP contribution in [0.1, 0.15) is 26.2 Å². The summed E-state index contributed by atoms with van der Waals surface area (Å²) in [5.74, 6) is 0.0455. The van der Waals surface area contributed by atoms with Crippen molar-refractivity contribution < 1.29 is 13.2 Å². The molecule has 0 aliphatic carbocycles. The second-order valence-electron chi connectivity index (χ2n) is 5.04. The van der Waals surface area contributed by atoms with Crippen LogP contribution in [0.15, 0.2) is 11.4 Å². The number of rotatable bonds is 5. The normalized spacial score (nSPS) is 21.2. The minimum absolute atomic E-state index is 0.0343. The molecule has 0 bridgehead atoms. The molecule has 1 atom stereocenters. The average Bonchev–Trinajstić information content (AvgIpc) is 2.76. The lowest BCUT2D eigenvalue weighted by Gasteiger charge is -2.31. The van der Waals surface area contributed by atoms with Gasteiger partial charge in [-0.2, -0.15) is 4.31 Å². The lowest BCUT2D eigenvalue weighted by molar-refractivity contribution is 0.0192. The molecule has 2 N–H and O–H groups in total. The summed E-state index contributed by atoms with van der Waals surface area (Å²) < 4.78 is 33.8. The van der Waals surface area contributed by atoms with Crippen LogP contribution in [-0.2, 0) is 21.8 Å². The molecule has 0 aromatic carbocycles. The van der Waals surface area contributed by atoms with Crippen LogP contribution in [0.3, 0.4) is 0 Å². The quantitative estimate of drug-likeness (QED) is 0.859. The molecule has 114 valence electrons. The monoisotopic (exact) mass is 302 g/mol. The Morgan fingerprint density at radius 1 is 1.55 bits per heavy atom. The van der Waals surface area contributed by atoms with Crippen LogP contribution in [0.2, 0.25) is 0 Å². The standard InChI is InChI=1S/C12H22N4O3S/c1-3-7-19-10-5-4-6-16(8-10)20(17,18)12-11(13)14-9-15(12)2/h9-10H,3-8,13H2,1-2H3. The van der Waals surface area contributed by atoms with Crippen LogP contribution in [0, 0.1) is 0 Å². The third-order valence-electron chi connectivity index (χ3n) is 3.39. The van der Waals surface area contributed by atoms with Gasteiger partial charge in [-0.05, 0) is 19.3 Å². The van der Waals surface area contributed by atoms with Crippen molar-refractivity contribution >= 4 is 15.8 Å². The van der Waals surface area contributed by atoms with Crippen molar-refractivity contribution in [2.45, 2.75) is 37.3 Å². The van der Waals surface area contributed by atoms with Crippen LogP contribution >= 0.6 is 0 Å². The number of aromatic nitrogens is 2. The van der Waals surface area contributed by atoms with Gasteiger partial charge < -0.3 is 15.0 Å². The van der Waals surface area contributed by atoms with Gasteiger partial charge >= 0.3 is 0 Å². The van der Waals surface area contributed by atoms with Crippen molar-refractivity contribution in [3.63, 3.8) is 0 Å². The molecule has 2 heterocycles. The van der Waals surface area contributed by atoms with Crippen molar-refractivity contribution in [2.75, 3.05) is 25.4 Å². The molecule has 1 fully saturated rings. The number of nitrogen functional groups attached to an aromatic ring is 1. The van der Waals surface area contributed by atoms with Gasteiger partial charge in [0, 0.05) is 26.7 Å². The van der Waals surface area contributed by atoms with E-state index >= 15 is 0 Å². The highest BCUT2D eigenvalue weighted by atomic mass is 32.2. The van der Waals surface area contributed by atoms with E-state index in [1.807, 2.05) is 6.92 Å². The summed E-state index contributed by atoms with van der Waals surface area (Å²) in [6.45, 7) is 3.58. The number of imidazole rings is 1. The van der Waals surface area contributed by atoms with Gasteiger partial charge in [0.25, 0.3) is 10.0 Å². The fourth-order valence-corrected chi connectivity index (χ4v) is 4.12. The first-order chi connectivity index (χ1) is 9.46. The Kier molecular flexibility index (Phi) is 4.66. The van der Waals surface area contributed by atoms with Crippen LogP contribution in [0.5, 0.6) is 0 Å². The van der Waals surface area contributed by atoms with Gasteiger partial charge in [0.05, 0.1) is 12.4 Å². The van der Waals surface area contributed by atoms with Crippen LogP contribution in [-0.4, -0.2) is 48.1 Å². The van der Waals surface area contributed by atoms with Crippen LogP contribution in [0.4, 0.5) is 5.82 Å². The second-order valence-corrected chi connectivity index (χ2v) is 6.90. The first-order valence-corrected chi connectivity index (χ1v) is 8.29. The average molecular weight is 302 g/mol. The summed E-state index contributed by atoms with van der Waals surface area (Å²) in [5.41, 5.74) is 5.68. The summed E-state index contributed by atoms with van der Waals surface area (Å²) >= 11 is 0. The first-order valence-electron chi connectivity index (χ1n) is 6.85. The number of hydrogen-bond donors (Lipinski definition) is 1. The topological polar surface area (TPSA) is 90.4 Å². The molecular weight excluding hydrogens is 280 g/mol. The summed E-state index contributed by atoms with van der Waals surface area (Å²) in [7, 11) is -1.98. The lowest BCUT2D eigenvalue weighted by Crippen LogP contribution is -2.43. The second kappa shape index (κ2) is 6.11. The van der Waals surface area contributed by atoms with Crippen molar-refractivity contribution in [3.05, 3.63) is 6.33 Å². The predicted octanol–water partition coefficient (Wildman–Crippen LogP) is 0.582. The lowest BCUT2D eigenvalue weighted by atomic mass is 10.1. The maximum Gasteiger partial charge on any atom is 0.262 e. The van der Waals surface area contributed by atoms with Gasteiger partial charge in [-0.3, -0.25) is 0 Å². The SMILES string of the molecule is CCCOC1CCCN(S(=O)(=O)c2c(N)ncn2C)C1. The zero-order valence-corrected chi connectivity index (χ0v) is 12.8. The van der Waals surface area contributed by atoms with E-state index in [-0.39, 0.29) is 16.9 Å². The molecule has 1 aliphatic heterocycles. The smallest absolute Gasteiger partial charge is 0.262 e. The van der Waals surface area contributed by atoms with Gasteiger partial charge in [-0.25, -0.2) is 13.4 Å². The van der Waals surface area contributed by atoms with Gasteiger partial charge in [0.1, 0.15) is 0 Å². The maximum absolute atomic E-state index is 12.6. The number of hydrogen-bond acceptors (Lipinski definition) is 5. The summed E-state index contributed by atoms with van der Waals surface area (Å²) in [6.07, 6.45) is 4.00. The molecule has 1 unspecified atom stereocenters. The fraction of sp³-hybridized carbons (Fsp3) is 0.750. The molecule has 1 aliphatic rings. The zero-order valence-electron chi connectivity index (χ0n) is 11.9. The third-order valence-corrected chi connectivity index (χ3v) is 5.39. The number of piperidine rings is 1. The first kappa shape index (κ1) is 15.3. The Labute approximate surface area is 119 Å². The van der Waals surface area contributed by atoms with E-state index in [4.69, 9.17) is 10.5 Å². The van der Waals surface area contributed by atoms with Crippen molar-refractivity contribution in [2.24, 2.45) is 7.05 Å². The summed E-state index contributed by atoms with van der Waals surface area (Å²) in [4.78, 5) is 3.85. The molecule has 0 saturated carbocycles. The molecular formula is C12H22N4O3S. The highest BCUT2D eigenvalue weighted by Gasteiger charge is 2.34. The van der Waals surface area contributed by atoms with E-state index in [1.165, 1.54) is 15.2 Å². The van der Waals surface area contributed by atoms with Gasteiger partial charge in [-0.15, -0.1) is 0 Å². The Bertz CT molecular complexity index is 536. The largest absolute Gasteiger partial charge is 0.381 e. The fourth-order valence-electron chi connectivity index (χ4n) is 2.42. The van der Waals surface area contributed by atoms with E-state index in [0.29, 0.717) is 19.7 Å². The number of nitrogens with zero attached hydrogens (tertiary/aromatic N) is 3. The van der Waals surface area contributed by atoms with Crippen molar-refractivity contribution in [1.82, 2.24) is 13.9 Å². The number of nitrogens with two attached hydrogens (primary N) is 1. The van der Waals surface area contributed by atoms with Gasteiger partial charge in [0.2, 0.25) is 0 Å². The molecule has 7 nitrogen and oxygen atoms in total. The Balaban J connectivity index is 2.17. The molecule has 8 heteroatoms. The number of anilines is 1. The molecule has 0 amide bonds. The number of ether oxygens (including phenoxy) is 1. The van der Waals surface area contributed by atoms with Crippen LogP contribution < -0.4 is 5.73 Å². The molecule has 20 heavy (non-hydrogen) atoms. The van der Waals surface area contributed by atoms with Crippen molar-refractivity contribution in [3.8, 4) is 0 Å². The number of aryl methyl sites for hydroxylation is 1. The molecule has 1 aromatic rings. The highest BCUT2D eigenvalue weighted by molar-refractivity contribution is 7.89. The summed E-state index contributed by atoms with van der Waals surface area (Å²) in [5, 5.41) is 0.0636. The Morgan fingerprint density at radius 3 is 2.90 bits per heavy atom. The molecule has 1 aromatic heterocycles. The van der Waals surface area contributed by atoms with Gasteiger partial charge in [0.15, 0.2) is 10.8 Å². The molecule has 1 saturated heterocycles. The molecule has 2 rings (SSSR count). The van der Waals surface area contributed by atoms with E-state index in [2.05, 4.69) is 4.98 Å². The molecule has 0 spiro atoms. The minimum Gasteiger partial charge on any atom is -0.381 e. The van der Waals surface area contributed by atoms with Crippen molar-refractivity contribution in [1.29, 1.82) is 0 Å². The minimum atomic E-state index is -3.61.